The van der Waals surface area contributed by atoms with Gasteiger partial charge in [-0.2, -0.15) is 0 Å². The highest BCUT2D eigenvalue weighted by atomic mass is 35.5. The second kappa shape index (κ2) is 7.42. The van der Waals surface area contributed by atoms with Gasteiger partial charge in [-0.15, -0.1) is 11.3 Å². The van der Waals surface area contributed by atoms with Gasteiger partial charge in [0.25, 0.3) is 5.91 Å². The summed E-state index contributed by atoms with van der Waals surface area (Å²) in [6, 6.07) is 10.3. The molecule has 0 aliphatic rings. The van der Waals surface area contributed by atoms with Gasteiger partial charge >= 0.3 is 0 Å². The fourth-order valence-corrected chi connectivity index (χ4v) is 4.57. The maximum absolute atomic E-state index is 12.5. The van der Waals surface area contributed by atoms with Gasteiger partial charge < -0.3 is 0 Å². The number of sulfone groups is 1. The van der Waals surface area contributed by atoms with Gasteiger partial charge in [0.05, 0.1) is 15.6 Å². The number of halogens is 1. The number of nitrogens with one attached hydrogen (secondary N) is 1. The van der Waals surface area contributed by atoms with Crippen LogP contribution in [0.1, 0.15) is 21.5 Å². The van der Waals surface area contributed by atoms with Crippen molar-refractivity contribution in [1.82, 2.24) is 4.98 Å². The Morgan fingerprint density at radius 1 is 1.15 bits per heavy atom. The van der Waals surface area contributed by atoms with E-state index >= 15 is 0 Å². The van der Waals surface area contributed by atoms with Crippen LogP contribution in [0.5, 0.6) is 0 Å². The molecule has 0 saturated heterocycles. The third-order valence-electron chi connectivity index (χ3n) is 3.99. The van der Waals surface area contributed by atoms with Crippen LogP contribution in [0.2, 0.25) is 5.02 Å². The highest BCUT2D eigenvalue weighted by Gasteiger charge is 2.17. The molecule has 0 spiro atoms. The van der Waals surface area contributed by atoms with Crippen LogP contribution in [0.4, 0.5) is 5.13 Å². The number of carbonyl (C=O) groups is 1. The number of amides is 1. The molecule has 1 heterocycles. The van der Waals surface area contributed by atoms with E-state index in [4.69, 9.17) is 11.6 Å². The SMILES string of the molecule is Cc1ccc(C)c(-c2csc(NC(=O)c3ccc(Cl)c(S(C)(=O)=O)c3)n2)c1. The fraction of sp³-hybridized carbons (Fsp3) is 0.158. The zero-order valence-corrected chi connectivity index (χ0v) is 17.3. The van der Waals surface area contributed by atoms with E-state index in [0.717, 1.165) is 28.6 Å². The van der Waals surface area contributed by atoms with E-state index < -0.39 is 15.7 Å². The molecule has 0 aliphatic heterocycles. The number of nitrogens with zero attached hydrogens (tertiary/aromatic N) is 1. The molecule has 1 aromatic heterocycles. The normalized spacial score (nSPS) is 11.4. The number of carbonyl (C=O) groups excluding carboxylic acids is 1. The van der Waals surface area contributed by atoms with Crippen LogP contribution < -0.4 is 5.32 Å². The first kappa shape index (κ1) is 19.5. The van der Waals surface area contributed by atoms with Gasteiger partial charge in [0.1, 0.15) is 0 Å². The van der Waals surface area contributed by atoms with E-state index in [9.17, 15) is 13.2 Å². The number of rotatable bonds is 4. The number of benzene rings is 2. The third kappa shape index (κ3) is 4.37. The quantitative estimate of drug-likeness (QED) is 0.661. The lowest BCUT2D eigenvalue weighted by molar-refractivity contribution is 0.102. The molecule has 27 heavy (non-hydrogen) atoms. The van der Waals surface area contributed by atoms with E-state index in [1.807, 2.05) is 37.4 Å². The van der Waals surface area contributed by atoms with Gasteiger partial charge in [0.15, 0.2) is 15.0 Å². The lowest BCUT2D eigenvalue weighted by atomic mass is 10.0. The molecule has 0 bridgehead atoms. The minimum Gasteiger partial charge on any atom is -0.298 e. The predicted molar refractivity (Wildman–Crippen MR) is 110 cm³/mol. The smallest absolute Gasteiger partial charge is 0.257 e. The van der Waals surface area contributed by atoms with Crippen LogP contribution in [0.25, 0.3) is 11.3 Å². The maximum Gasteiger partial charge on any atom is 0.257 e. The summed E-state index contributed by atoms with van der Waals surface area (Å²) >= 11 is 7.23. The van der Waals surface area contributed by atoms with Crippen molar-refractivity contribution in [1.29, 1.82) is 0 Å². The molecule has 8 heteroatoms. The van der Waals surface area contributed by atoms with E-state index in [2.05, 4.69) is 10.3 Å². The van der Waals surface area contributed by atoms with Crippen LogP contribution in [-0.4, -0.2) is 25.6 Å². The van der Waals surface area contributed by atoms with Gasteiger partial charge in [-0.3, -0.25) is 10.1 Å². The average molecular weight is 421 g/mol. The largest absolute Gasteiger partial charge is 0.298 e. The minimum atomic E-state index is -3.53. The molecule has 1 N–H and O–H groups in total. The summed E-state index contributed by atoms with van der Waals surface area (Å²) in [5, 5.41) is 5.11. The van der Waals surface area contributed by atoms with E-state index in [0.29, 0.717) is 5.13 Å². The van der Waals surface area contributed by atoms with Gasteiger partial charge in [-0.25, -0.2) is 13.4 Å². The van der Waals surface area contributed by atoms with E-state index in [1.54, 1.807) is 0 Å². The summed E-state index contributed by atoms with van der Waals surface area (Å²) in [5.41, 5.74) is 4.22. The molecule has 2 aromatic carbocycles. The molecule has 0 fully saturated rings. The molecule has 0 unspecified atom stereocenters. The minimum absolute atomic E-state index is 0.0768. The molecule has 3 rings (SSSR count). The lowest BCUT2D eigenvalue weighted by Gasteiger charge is -2.06. The topological polar surface area (TPSA) is 76.1 Å². The first-order valence-corrected chi connectivity index (χ1v) is 11.1. The van der Waals surface area contributed by atoms with Gasteiger partial charge in [-0.1, -0.05) is 29.3 Å². The van der Waals surface area contributed by atoms with Crippen molar-refractivity contribution in [2.45, 2.75) is 18.7 Å². The molecule has 3 aromatic rings. The molecule has 0 radical (unpaired) electrons. The Hall–Kier alpha value is -2.22. The zero-order chi connectivity index (χ0) is 19.8. The molecule has 0 aliphatic carbocycles. The third-order valence-corrected chi connectivity index (χ3v) is 6.32. The van der Waals surface area contributed by atoms with Crippen LogP contribution in [0.15, 0.2) is 46.7 Å². The van der Waals surface area contributed by atoms with Crippen molar-refractivity contribution in [2.24, 2.45) is 0 Å². The summed E-state index contributed by atoms with van der Waals surface area (Å²) in [6.07, 6.45) is 1.05. The summed E-state index contributed by atoms with van der Waals surface area (Å²) in [6.45, 7) is 4.02. The van der Waals surface area contributed by atoms with E-state index in [-0.39, 0.29) is 15.5 Å². The zero-order valence-electron chi connectivity index (χ0n) is 14.9. The summed E-state index contributed by atoms with van der Waals surface area (Å²) in [5.74, 6) is -0.446. The monoisotopic (exact) mass is 420 g/mol. The van der Waals surface area contributed by atoms with Crippen molar-refractivity contribution in [2.75, 3.05) is 11.6 Å². The molecule has 0 atom stereocenters. The standard InChI is InChI=1S/C19H17ClN2O3S2/c1-11-4-5-12(2)14(8-11)16-10-26-19(21-16)22-18(23)13-6-7-15(20)17(9-13)27(3,24)25/h4-10H,1-3H3,(H,21,22,23). The Morgan fingerprint density at radius 3 is 2.59 bits per heavy atom. The number of aryl methyl sites for hydroxylation is 2. The number of thiazole rings is 1. The van der Waals surface area contributed by atoms with Crippen molar-refractivity contribution in [3.8, 4) is 11.3 Å². The highest BCUT2D eigenvalue weighted by molar-refractivity contribution is 7.90. The Labute approximate surface area is 167 Å². The number of anilines is 1. The lowest BCUT2D eigenvalue weighted by Crippen LogP contribution is -2.12. The van der Waals surface area contributed by atoms with Crippen LogP contribution in [-0.2, 0) is 9.84 Å². The Balaban J connectivity index is 1.86. The van der Waals surface area contributed by atoms with Gasteiger partial charge in [0.2, 0.25) is 0 Å². The second-order valence-electron chi connectivity index (χ2n) is 6.23. The number of hydrogen-bond acceptors (Lipinski definition) is 5. The van der Waals surface area contributed by atoms with E-state index in [1.165, 1.54) is 29.5 Å². The summed E-state index contributed by atoms with van der Waals surface area (Å²) < 4.78 is 23.6. The molecule has 1 amide bonds. The Bertz CT molecular complexity index is 1140. The second-order valence-corrected chi connectivity index (χ2v) is 9.48. The molecule has 140 valence electrons. The summed E-state index contributed by atoms with van der Waals surface area (Å²) in [7, 11) is -3.53. The first-order valence-electron chi connectivity index (χ1n) is 7.99. The van der Waals surface area contributed by atoms with Crippen molar-refractivity contribution >= 4 is 43.8 Å². The average Bonchev–Trinajstić information content (AvgIpc) is 3.04. The van der Waals surface area contributed by atoms with Crippen LogP contribution in [0.3, 0.4) is 0 Å². The molecule has 5 nitrogen and oxygen atoms in total. The highest BCUT2D eigenvalue weighted by Crippen LogP contribution is 2.29. The first-order chi connectivity index (χ1) is 12.6. The number of hydrogen-bond donors (Lipinski definition) is 1. The van der Waals surface area contributed by atoms with Crippen molar-refractivity contribution in [3.05, 3.63) is 63.5 Å². The van der Waals surface area contributed by atoms with Crippen LogP contribution >= 0.6 is 22.9 Å². The Morgan fingerprint density at radius 2 is 1.89 bits per heavy atom. The Kier molecular flexibility index (Phi) is 5.37. The number of aromatic nitrogens is 1. The molecular weight excluding hydrogens is 404 g/mol. The predicted octanol–water partition coefficient (Wildman–Crippen LogP) is 4.74. The van der Waals surface area contributed by atoms with Crippen molar-refractivity contribution in [3.63, 3.8) is 0 Å². The van der Waals surface area contributed by atoms with Gasteiger partial charge in [-0.05, 0) is 43.7 Å². The van der Waals surface area contributed by atoms with Crippen molar-refractivity contribution < 1.29 is 13.2 Å². The molecular formula is C19H17ClN2O3S2. The maximum atomic E-state index is 12.5. The van der Waals surface area contributed by atoms with Gasteiger partial charge in [0, 0.05) is 22.8 Å². The fourth-order valence-electron chi connectivity index (χ4n) is 2.56. The molecule has 0 saturated carbocycles. The van der Waals surface area contributed by atoms with Crippen LogP contribution in [0, 0.1) is 13.8 Å². The summed E-state index contributed by atoms with van der Waals surface area (Å²) in [4.78, 5) is 16.9.